The van der Waals surface area contributed by atoms with Gasteiger partial charge in [0.2, 0.25) is 0 Å². The lowest BCUT2D eigenvalue weighted by Gasteiger charge is -2.45. The molecule has 0 spiro atoms. The van der Waals surface area contributed by atoms with Gasteiger partial charge in [0, 0.05) is 5.69 Å². The lowest BCUT2D eigenvalue weighted by molar-refractivity contribution is -0.245. The smallest absolute Gasteiger partial charge is 0.411 e. The number of rotatable bonds is 13. The van der Waals surface area contributed by atoms with Crippen LogP contribution in [0.25, 0.3) is 0 Å². The van der Waals surface area contributed by atoms with E-state index in [1.165, 1.54) is 11.8 Å². The summed E-state index contributed by atoms with van der Waals surface area (Å²) in [5.74, 6) is -0.266. The Balaban J connectivity index is 1.57. The number of nitrogens with one attached hydrogen (secondary N) is 1. The minimum atomic E-state index is -0.955. The fourth-order valence-electron chi connectivity index (χ4n) is 4.37. The quantitative estimate of drug-likeness (QED) is 0.188. The minimum Gasteiger partial charge on any atom is -0.456 e. The van der Waals surface area contributed by atoms with Gasteiger partial charge in [0.1, 0.15) is 36.2 Å². The predicted octanol–water partition coefficient (Wildman–Crippen LogP) is 6.03. The first-order chi connectivity index (χ1) is 20.1. The molecule has 0 unspecified atom stereocenters. The zero-order valence-electron chi connectivity index (χ0n) is 22.7. The molecule has 1 aliphatic heterocycles. The van der Waals surface area contributed by atoms with E-state index in [-0.39, 0.29) is 19.1 Å². The number of carbonyl (C=O) groups is 2. The Hall–Kier alpha value is -3.08. The summed E-state index contributed by atoms with van der Waals surface area (Å²) in [5.41, 5.74) is 2.02. The third kappa shape index (κ3) is 9.48. The summed E-state index contributed by atoms with van der Waals surface area (Å²) >= 11 is 7.36. The second kappa shape index (κ2) is 16.4. The summed E-state index contributed by atoms with van der Waals surface area (Å²) in [6.45, 7) is 2.38. The van der Waals surface area contributed by atoms with Crippen molar-refractivity contribution in [3.05, 3.63) is 102 Å². The van der Waals surface area contributed by atoms with Crippen LogP contribution in [0.4, 0.5) is 10.5 Å². The highest BCUT2D eigenvalue weighted by Crippen LogP contribution is 2.35. The van der Waals surface area contributed by atoms with Crippen LogP contribution >= 0.6 is 23.4 Å². The Labute approximate surface area is 249 Å². The maximum atomic E-state index is 12.6. The third-order valence-electron chi connectivity index (χ3n) is 6.27. The van der Waals surface area contributed by atoms with E-state index in [1.807, 2.05) is 73.7 Å². The molecule has 0 saturated carbocycles. The highest BCUT2D eigenvalue weighted by Gasteiger charge is 2.50. The molecule has 3 aromatic rings. The molecule has 0 radical (unpaired) electrons. The molecule has 0 aliphatic carbocycles. The van der Waals surface area contributed by atoms with Crippen molar-refractivity contribution in [2.24, 2.45) is 0 Å². The SMILES string of the molecule is CCS[C@@H]1O[C@H](COC(=O)Nc2ccccc2)[C@@H](OC(=O)CCl)[C@H](OCc2ccccc2)[C@H]1OCc1ccccc1. The van der Waals surface area contributed by atoms with Crippen molar-refractivity contribution >= 4 is 41.1 Å². The molecule has 1 amide bonds. The van der Waals surface area contributed by atoms with Crippen LogP contribution in [0, 0.1) is 0 Å². The molecular formula is C31H34ClNO7S. The number of benzene rings is 3. The summed E-state index contributed by atoms with van der Waals surface area (Å²) in [5, 5.41) is 2.68. The second-order valence-electron chi connectivity index (χ2n) is 9.20. The molecule has 1 fully saturated rings. The Morgan fingerprint density at radius 1 is 0.829 bits per heavy atom. The number of hydrogen-bond donors (Lipinski definition) is 1. The van der Waals surface area contributed by atoms with E-state index in [1.54, 1.807) is 24.3 Å². The average Bonchev–Trinajstić information content (AvgIpc) is 3.01. The van der Waals surface area contributed by atoms with Crippen molar-refractivity contribution in [2.75, 3.05) is 23.6 Å². The molecule has 1 aliphatic rings. The maximum absolute atomic E-state index is 12.6. The van der Waals surface area contributed by atoms with Gasteiger partial charge in [-0.1, -0.05) is 85.8 Å². The topological polar surface area (TPSA) is 92.3 Å². The highest BCUT2D eigenvalue weighted by molar-refractivity contribution is 7.99. The highest BCUT2D eigenvalue weighted by atomic mass is 35.5. The number of halogens is 1. The molecule has 1 saturated heterocycles. The van der Waals surface area contributed by atoms with Crippen molar-refractivity contribution in [3.8, 4) is 0 Å². The number of esters is 1. The molecule has 5 atom stereocenters. The predicted molar refractivity (Wildman–Crippen MR) is 159 cm³/mol. The van der Waals surface area contributed by atoms with Gasteiger partial charge in [0.15, 0.2) is 6.10 Å². The number of anilines is 1. The molecule has 0 aromatic heterocycles. The van der Waals surface area contributed by atoms with E-state index in [0.29, 0.717) is 12.3 Å². The zero-order chi connectivity index (χ0) is 28.9. The number of hydrogen-bond acceptors (Lipinski definition) is 8. The Morgan fingerprint density at radius 2 is 1.39 bits per heavy atom. The van der Waals surface area contributed by atoms with Gasteiger partial charge < -0.3 is 23.7 Å². The molecular weight excluding hydrogens is 566 g/mol. The molecule has 10 heteroatoms. The van der Waals surface area contributed by atoms with Gasteiger partial charge in [-0.15, -0.1) is 23.4 Å². The van der Waals surface area contributed by atoms with Gasteiger partial charge in [-0.25, -0.2) is 4.79 Å². The van der Waals surface area contributed by atoms with Gasteiger partial charge in [-0.2, -0.15) is 0 Å². The zero-order valence-corrected chi connectivity index (χ0v) is 24.3. The van der Waals surface area contributed by atoms with Crippen molar-refractivity contribution in [3.63, 3.8) is 0 Å². The summed E-state index contributed by atoms with van der Waals surface area (Å²) in [7, 11) is 0. The fourth-order valence-corrected chi connectivity index (χ4v) is 5.40. The molecule has 0 bridgehead atoms. The van der Waals surface area contributed by atoms with Gasteiger partial charge in [0.25, 0.3) is 0 Å². The molecule has 1 N–H and O–H groups in total. The molecule has 4 rings (SSSR count). The summed E-state index contributed by atoms with van der Waals surface area (Å²) in [6.07, 6.45) is -3.79. The van der Waals surface area contributed by atoms with E-state index in [9.17, 15) is 9.59 Å². The summed E-state index contributed by atoms with van der Waals surface area (Å²) < 4.78 is 30.6. The molecule has 218 valence electrons. The van der Waals surface area contributed by atoms with Crippen LogP contribution < -0.4 is 5.32 Å². The summed E-state index contributed by atoms with van der Waals surface area (Å²) in [6, 6.07) is 28.4. The Morgan fingerprint density at radius 3 is 1.95 bits per heavy atom. The monoisotopic (exact) mass is 599 g/mol. The first-order valence-corrected chi connectivity index (χ1v) is 15.0. The number of thioether (sulfide) groups is 1. The van der Waals surface area contributed by atoms with E-state index in [2.05, 4.69) is 5.32 Å². The van der Waals surface area contributed by atoms with E-state index in [4.69, 9.17) is 35.3 Å². The van der Waals surface area contributed by atoms with Crippen LogP contribution in [0.1, 0.15) is 18.1 Å². The maximum Gasteiger partial charge on any atom is 0.411 e. The largest absolute Gasteiger partial charge is 0.456 e. The molecule has 3 aromatic carbocycles. The van der Waals surface area contributed by atoms with Crippen LogP contribution in [0.3, 0.4) is 0 Å². The fraction of sp³-hybridized carbons (Fsp3) is 0.355. The van der Waals surface area contributed by atoms with Gasteiger partial charge in [-0.3, -0.25) is 10.1 Å². The Bertz CT molecular complexity index is 1200. The van der Waals surface area contributed by atoms with Crippen LogP contribution in [-0.4, -0.2) is 60.2 Å². The second-order valence-corrected chi connectivity index (χ2v) is 10.8. The number of para-hydroxylation sites is 1. The molecule has 8 nitrogen and oxygen atoms in total. The normalized spacial score (nSPS) is 22.0. The average molecular weight is 600 g/mol. The van der Waals surface area contributed by atoms with E-state index >= 15 is 0 Å². The third-order valence-corrected chi connectivity index (χ3v) is 7.53. The number of alkyl halides is 1. The van der Waals surface area contributed by atoms with Crippen molar-refractivity contribution < 1.29 is 33.3 Å². The lowest BCUT2D eigenvalue weighted by Crippen LogP contribution is -2.61. The van der Waals surface area contributed by atoms with Gasteiger partial charge in [-0.05, 0) is 29.0 Å². The number of ether oxygens (including phenoxy) is 5. The first-order valence-electron chi connectivity index (χ1n) is 13.4. The van der Waals surface area contributed by atoms with Crippen LogP contribution in [0.2, 0.25) is 0 Å². The number of amides is 1. The Kier molecular flexibility index (Phi) is 12.3. The van der Waals surface area contributed by atoms with E-state index in [0.717, 1.165) is 16.9 Å². The number of carbonyl (C=O) groups excluding carboxylic acids is 2. The minimum absolute atomic E-state index is 0.184. The first kappa shape index (κ1) is 30.9. The summed E-state index contributed by atoms with van der Waals surface area (Å²) in [4.78, 5) is 25.1. The van der Waals surface area contributed by atoms with Gasteiger partial charge >= 0.3 is 12.1 Å². The van der Waals surface area contributed by atoms with E-state index < -0.39 is 41.9 Å². The lowest BCUT2D eigenvalue weighted by atomic mass is 9.99. The van der Waals surface area contributed by atoms with Crippen molar-refractivity contribution in [1.29, 1.82) is 0 Å². The van der Waals surface area contributed by atoms with Crippen LogP contribution in [0.5, 0.6) is 0 Å². The molecule has 1 heterocycles. The van der Waals surface area contributed by atoms with Crippen LogP contribution in [-0.2, 0) is 41.7 Å². The standard InChI is InChI=1S/C31H34ClNO7S/c1-2-41-30-29(37-20-23-14-8-4-9-15-23)28(36-19-22-12-6-3-7-13-22)27(40-26(34)18-32)25(39-30)21-38-31(35)33-24-16-10-5-11-17-24/h3-17,25,27-30H,2,18-21H2,1H3,(H,33,35)/t25-,27-,28+,29-,30+/m1/s1. The molecule has 41 heavy (non-hydrogen) atoms. The van der Waals surface area contributed by atoms with Crippen LogP contribution in [0.15, 0.2) is 91.0 Å². The van der Waals surface area contributed by atoms with Gasteiger partial charge in [0.05, 0.1) is 13.2 Å². The van der Waals surface area contributed by atoms with Crippen molar-refractivity contribution in [1.82, 2.24) is 0 Å². The van der Waals surface area contributed by atoms with Crippen molar-refractivity contribution in [2.45, 2.75) is 50.0 Å².